The summed E-state index contributed by atoms with van der Waals surface area (Å²) in [4.78, 5) is 14.7. The highest BCUT2D eigenvalue weighted by atomic mass is 16.5. The van der Waals surface area contributed by atoms with Gasteiger partial charge in [0, 0.05) is 12.1 Å². The van der Waals surface area contributed by atoms with E-state index in [1.807, 2.05) is 30.3 Å². The molecule has 0 spiro atoms. The summed E-state index contributed by atoms with van der Waals surface area (Å²) in [6.45, 7) is 0.644. The standard InChI is InChI=1S/C19H18N2O3/c20-12-14-5-4-8-16(11-14)19(23)21-9-10-24-17(13-22)18(21)15-6-2-1-3-7-15/h1-8,11,17-18,22H,9-10,13H2/t17-,18-/m0/s1. The lowest BCUT2D eigenvalue weighted by Gasteiger charge is -2.41. The van der Waals surface area contributed by atoms with Gasteiger partial charge in [-0.3, -0.25) is 4.79 Å². The lowest BCUT2D eigenvalue weighted by atomic mass is 9.97. The molecule has 5 heteroatoms. The van der Waals surface area contributed by atoms with Crippen LogP contribution in [0.4, 0.5) is 0 Å². The number of amides is 1. The fourth-order valence-corrected chi connectivity index (χ4v) is 3.05. The minimum Gasteiger partial charge on any atom is -0.394 e. The summed E-state index contributed by atoms with van der Waals surface area (Å²) in [6.07, 6.45) is -0.468. The van der Waals surface area contributed by atoms with Crippen molar-refractivity contribution < 1.29 is 14.6 Å². The second kappa shape index (κ2) is 7.26. The number of carbonyl (C=O) groups is 1. The molecule has 0 unspecified atom stereocenters. The Morgan fingerprint density at radius 3 is 2.75 bits per heavy atom. The summed E-state index contributed by atoms with van der Waals surface area (Å²) in [6, 6.07) is 17.9. The number of carbonyl (C=O) groups excluding carboxylic acids is 1. The third kappa shape index (κ3) is 3.16. The van der Waals surface area contributed by atoms with E-state index in [1.165, 1.54) is 0 Å². The molecule has 0 aliphatic carbocycles. The van der Waals surface area contributed by atoms with Gasteiger partial charge in [-0.15, -0.1) is 0 Å². The van der Waals surface area contributed by atoms with Crippen LogP contribution in [0.2, 0.25) is 0 Å². The van der Waals surface area contributed by atoms with Crippen LogP contribution in [0.1, 0.15) is 27.5 Å². The van der Waals surface area contributed by atoms with Crippen LogP contribution in [-0.2, 0) is 4.74 Å². The normalized spacial score (nSPS) is 20.4. The van der Waals surface area contributed by atoms with Gasteiger partial charge in [0.15, 0.2) is 0 Å². The molecule has 1 aliphatic heterocycles. The molecule has 24 heavy (non-hydrogen) atoms. The van der Waals surface area contributed by atoms with Gasteiger partial charge >= 0.3 is 0 Å². The molecule has 3 rings (SSSR count). The Kier molecular flexibility index (Phi) is 4.90. The fourth-order valence-electron chi connectivity index (χ4n) is 3.05. The van der Waals surface area contributed by atoms with Crippen molar-refractivity contribution in [3.63, 3.8) is 0 Å². The maximum Gasteiger partial charge on any atom is 0.254 e. The molecule has 5 nitrogen and oxygen atoms in total. The summed E-state index contributed by atoms with van der Waals surface area (Å²) in [5, 5.41) is 18.7. The Morgan fingerprint density at radius 1 is 1.25 bits per heavy atom. The highest BCUT2D eigenvalue weighted by molar-refractivity contribution is 5.95. The van der Waals surface area contributed by atoms with E-state index >= 15 is 0 Å². The molecule has 1 amide bonds. The lowest BCUT2D eigenvalue weighted by molar-refractivity contribution is -0.0811. The summed E-state index contributed by atoms with van der Waals surface area (Å²) in [7, 11) is 0. The molecule has 0 radical (unpaired) electrons. The van der Waals surface area contributed by atoms with Gasteiger partial charge in [-0.25, -0.2) is 0 Å². The van der Waals surface area contributed by atoms with E-state index in [0.717, 1.165) is 5.56 Å². The van der Waals surface area contributed by atoms with Crippen molar-refractivity contribution in [3.8, 4) is 6.07 Å². The summed E-state index contributed by atoms with van der Waals surface area (Å²) in [5.74, 6) is -0.164. The molecule has 0 saturated carbocycles. The van der Waals surface area contributed by atoms with Crippen LogP contribution in [0.3, 0.4) is 0 Å². The molecule has 0 aromatic heterocycles. The Hall–Kier alpha value is -2.68. The van der Waals surface area contributed by atoms with E-state index in [9.17, 15) is 9.90 Å². The molecule has 1 fully saturated rings. The topological polar surface area (TPSA) is 73.6 Å². The molecule has 1 aliphatic rings. The number of rotatable bonds is 3. The molecule has 2 aromatic carbocycles. The number of hydrogen-bond donors (Lipinski definition) is 1. The van der Waals surface area contributed by atoms with Crippen molar-refractivity contribution in [3.05, 3.63) is 71.3 Å². The highest BCUT2D eigenvalue weighted by Gasteiger charge is 2.36. The minimum atomic E-state index is -0.468. The maximum atomic E-state index is 13.0. The van der Waals surface area contributed by atoms with E-state index < -0.39 is 6.10 Å². The number of nitrogens with zero attached hydrogens (tertiary/aromatic N) is 2. The van der Waals surface area contributed by atoms with Crippen molar-refractivity contribution in [2.75, 3.05) is 19.8 Å². The zero-order chi connectivity index (χ0) is 16.9. The zero-order valence-corrected chi connectivity index (χ0v) is 13.1. The van der Waals surface area contributed by atoms with E-state index in [0.29, 0.717) is 24.3 Å². The van der Waals surface area contributed by atoms with Crippen LogP contribution in [0, 0.1) is 11.3 Å². The van der Waals surface area contributed by atoms with Crippen molar-refractivity contribution in [2.45, 2.75) is 12.1 Å². The first-order chi connectivity index (χ1) is 11.7. The number of ether oxygens (including phenoxy) is 1. The first kappa shape index (κ1) is 16.2. The van der Waals surface area contributed by atoms with Gasteiger partial charge in [-0.05, 0) is 23.8 Å². The molecular weight excluding hydrogens is 304 g/mol. The number of benzene rings is 2. The predicted octanol–water partition coefficient (Wildman–Crippen LogP) is 2.13. The van der Waals surface area contributed by atoms with Crippen LogP contribution in [0.5, 0.6) is 0 Å². The smallest absolute Gasteiger partial charge is 0.254 e. The summed E-state index contributed by atoms with van der Waals surface area (Å²) in [5.41, 5.74) is 1.83. The molecule has 122 valence electrons. The van der Waals surface area contributed by atoms with Crippen LogP contribution < -0.4 is 0 Å². The van der Waals surface area contributed by atoms with Crippen LogP contribution in [0.15, 0.2) is 54.6 Å². The molecular formula is C19H18N2O3. The van der Waals surface area contributed by atoms with Gasteiger partial charge in [0.1, 0.15) is 6.10 Å². The lowest BCUT2D eigenvalue weighted by Crippen LogP contribution is -2.49. The molecule has 2 atom stereocenters. The third-order valence-corrected chi connectivity index (χ3v) is 4.17. The Morgan fingerprint density at radius 2 is 2.04 bits per heavy atom. The molecule has 2 aromatic rings. The van der Waals surface area contributed by atoms with Crippen molar-refractivity contribution >= 4 is 5.91 Å². The number of morpholine rings is 1. The first-order valence-electron chi connectivity index (χ1n) is 7.83. The SMILES string of the molecule is N#Cc1cccc(C(=O)N2CCO[C@@H](CO)[C@@H]2c2ccccc2)c1. The van der Waals surface area contributed by atoms with Gasteiger partial charge in [0.25, 0.3) is 5.91 Å². The van der Waals surface area contributed by atoms with Gasteiger partial charge < -0.3 is 14.7 Å². The molecule has 0 bridgehead atoms. The largest absolute Gasteiger partial charge is 0.394 e. The first-order valence-corrected chi connectivity index (χ1v) is 7.83. The third-order valence-electron chi connectivity index (χ3n) is 4.17. The fraction of sp³-hybridized carbons (Fsp3) is 0.263. The number of nitriles is 1. The number of aliphatic hydroxyl groups is 1. The second-order valence-electron chi connectivity index (χ2n) is 5.64. The zero-order valence-electron chi connectivity index (χ0n) is 13.1. The quantitative estimate of drug-likeness (QED) is 0.939. The van der Waals surface area contributed by atoms with Crippen molar-refractivity contribution in [1.82, 2.24) is 4.90 Å². The van der Waals surface area contributed by atoms with Crippen LogP contribution >= 0.6 is 0 Å². The molecule has 1 N–H and O–H groups in total. The van der Waals surface area contributed by atoms with Gasteiger partial charge in [-0.1, -0.05) is 36.4 Å². The van der Waals surface area contributed by atoms with Gasteiger partial charge in [-0.2, -0.15) is 5.26 Å². The minimum absolute atomic E-state index is 0.164. The van der Waals surface area contributed by atoms with E-state index in [4.69, 9.17) is 10.00 Å². The Labute approximate surface area is 140 Å². The van der Waals surface area contributed by atoms with Crippen LogP contribution in [-0.4, -0.2) is 41.8 Å². The van der Waals surface area contributed by atoms with Gasteiger partial charge in [0.2, 0.25) is 0 Å². The summed E-state index contributed by atoms with van der Waals surface area (Å²) >= 11 is 0. The Balaban J connectivity index is 1.96. The monoisotopic (exact) mass is 322 g/mol. The van der Waals surface area contributed by atoms with Gasteiger partial charge in [0.05, 0.1) is 30.9 Å². The van der Waals surface area contributed by atoms with E-state index in [1.54, 1.807) is 29.2 Å². The maximum absolute atomic E-state index is 13.0. The predicted molar refractivity (Wildman–Crippen MR) is 88.2 cm³/mol. The van der Waals surface area contributed by atoms with E-state index in [2.05, 4.69) is 6.07 Å². The average molecular weight is 322 g/mol. The average Bonchev–Trinajstić information content (AvgIpc) is 2.67. The van der Waals surface area contributed by atoms with Crippen LogP contribution in [0.25, 0.3) is 0 Å². The molecule has 1 heterocycles. The number of aliphatic hydroxyl groups excluding tert-OH is 1. The number of hydrogen-bond acceptors (Lipinski definition) is 4. The Bertz CT molecular complexity index is 755. The van der Waals surface area contributed by atoms with E-state index in [-0.39, 0.29) is 18.6 Å². The highest BCUT2D eigenvalue weighted by Crippen LogP contribution is 2.30. The molecule has 1 saturated heterocycles. The second-order valence-corrected chi connectivity index (χ2v) is 5.64. The summed E-state index contributed by atoms with van der Waals surface area (Å²) < 4.78 is 5.66. The van der Waals surface area contributed by atoms with Crippen molar-refractivity contribution in [2.24, 2.45) is 0 Å². The van der Waals surface area contributed by atoms with Crippen molar-refractivity contribution in [1.29, 1.82) is 5.26 Å².